The minimum Gasteiger partial charge on any atom is -0.355 e. The SMILES string of the molecule is CNOC(O)NC. The predicted molar refractivity (Wildman–Crippen MR) is 25.2 cm³/mol. The van der Waals surface area contributed by atoms with Gasteiger partial charge in [0.25, 0.3) is 0 Å². The highest BCUT2D eigenvalue weighted by molar-refractivity contribution is 4.20. The number of aliphatic hydroxyl groups is 1. The molecule has 0 aliphatic rings. The summed E-state index contributed by atoms with van der Waals surface area (Å²) in [5, 5.41) is 10.9. The number of hydrogen-bond donors (Lipinski definition) is 3. The quantitative estimate of drug-likeness (QED) is 0.307. The Morgan fingerprint density at radius 1 is 1.57 bits per heavy atom. The maximum atomic E-state index is 8.46. The monoisotopic (exact) mass is 106 g/mol. The average molecular weight is 106 g/mol. The van der Waals surface area contributed by atoms with E-state index in [0.717, 1.165) is 0 Å². The van der Waals surface area contributed by atoms with E-state index in [4.69, 9.17) is 5.11 Å². The highest BCUT2D eigenvalue weighted by atomic mass is 16.7. The third-order valence-corrected chi connectivity index (χ3v) is 0.476. The summed E-state index contributed by atoms with van der Waals surface area (Å²) in [4.78, 5) is 4.39. The van der Waals surface area contributed by atoms with E-state index in [0.29, 0.717) is 0 Å². The third kappa shape index (κ3) is 3.68. The highest BCUT2D eigenvalue weighted by Gasteiger charge is 1.92. The summed E-state index contributed by atoms with van der Waals surface area (Å²) in [5.41, 5.74) is 2.31. The fraction of sp³-hybridized carbons (Fsp3) is 1.00. The molecule has 0 fully saturated rings. The van der Waals surface area contributed by atoms with Crippen LogP contribution in [0.15, 0.2) is 0 Å². The Balaban J connectivity index is 2.83. The normalized spacial score (nSPS) is 14.1. The van der Waals surface area contributed by atoms with Gasteiger partial charge in [0.1, 0.15) is 0 Å². The summed E-state index contributed by atoms with van der Waals surface area (Å²) in [6.45, 7) is 0. The second-order valence-corrected chi connectivity index (χ2v) is 0.963. The third-order valence-electron chi connectivity index (χ3n) is 0.476. The second kappa shape index (κ2) is 4.01. The molecular formula is C3H10N2O2. The van der Waals surface area contributed by atoms with Crippen molar-refractivity contribution in [1.29, 1.82) is 0 Å². The average Bonchev–Trinajstić information content (AvgIpc) is 1.68. The van der Waals surface area contributed by atoms with Gasteiger partial charge in [-0.2, -0.15) is 0 Å². The van der Waals surface area contributed by atoms with Crippen molar-refractivity contribution in [3.8, 4) is 0 Å². The summed E-state index contributed by atoms with van der Waals surface area (Å²) in [7, 11) is 3.16. The Hall–Kier alpha value is -0.160. The van der Waals surface area contributed by atoms with Crippen LogP contribution in [0.3, 0.4) is 0 Å². The van der Waals surface area contributed by atoms with Crippen LogP contribution in [-0.4, -0.2) is 25.6 Å². The van der Waals surface area contributed by atoms with E-state index in [1.807, 2.05) is 0 Å². The Morgan fingerprint density at radius 3 is 2.29 bits per heavy atom. The zero-order valence-corrected chi connectivity index (χ0v) is 4.43. The molecule has 0 rings (SSSR count). The number of hydroxylamine groups is 1. The van der Waals surface area contributed by atoms with Gasteiger partial charge in [0.15, 0.2) is 0 Å². The van der Waals surface area contributed by atoms with Gasteiger partial charge < -0.3 is 5.11 Å². The molecule has 0 aromatic carbocycles. The van der Waals surface area contributed by atoms with Crippen molar-refractivity contribution in [1.82, 2.24) is 10.8 Å². The summed E-state index contributed by atoms with van der Waals surface area (Å²) < 4.78 is 0. The first kappa shape index (κ1) is 6.84. The molecule has 0 radical (unpaired) electrons. The summed E-state index contributed by atoms with van der Waals surface area (Å²) in [6.07, 6.45) is -0.912. The highest BCUT2D eigenvalue weighted by Crippen LogP contribution is 1.68. The summed E-state index contributed by atoms with van der Waals surface area (Å²) >= 11 is 0. The fourth-order valence-electron chi connectivity index (χ4n) is 0.171. The molecule has 4 nitrogen and oxygen atoms in total. The first-order valence-corrected chi connectivity index (χ1v) is 1.99. The number of aliphatic hydroxyl groups excluding tert-OH is 1. The molecule has 1 atom stereocenters. The Bertz CT molecular complexity index is 41.9. The van der Waals surface area contributed by atoms with Gasteiger partial charge in [-0.1, -0.05) is 0 Å². The lowest BCUT2D eigenvalue weighted by Gasteiger charge is -2.06. The van der Waals surface area contributed by atoms with Crippen LogP contribution in [0.25, 0.3) is 0 Å². The van der Waals surface area contributed by atoms with Crippen LogP contribution in [0.2, 0.25) is 0 Å². The lowest BCUT2D eigenvalue weighted by atomic mass is 11.1. The molecule has 0 saturated heterocycles. The van der Waals surface area contributed by atoms with Crippen molar-refractivity contribution >= 4 is 0 Å². The molecule has 0 bridgehead atoms. The van der Waals surface area contributed by atoms with Gasteiger partial charge in [0.2, 0.25) is 6.41 Å². The van der Waals surface area contributed by atoms with Crippen LogP contribution in [0, 0.1) is 0 Å². The molecule has 0 amide bonds. The van der Waals surface area contributed by atoms with Crippen LogP contribution in [0.4, 0.5) is 0 Å². The Kier molecular flexibility index (Phi) is 3.92. The molecule has 0 saturated carbocycles. The van der Waals surface area contributed by atoms with Crippen molar-refractivity contribution in [3.05, 3.63) is 0 Å². The fourth-order valence-corrected chi connectivity index (χ4v) is 0.171. The molecule has 1 unspecified atom stereocenters. The molecular weight excluding hydrogens is 96.0 g/mol. The number of rotatable bonds is 3. The van der Waals surface area contributed by atoms with E-state index >= 15 is 0 Å². The van der Waals surface area contributed by atoms with E-state index < -0.39 is 6.41 Å². The maximum Gasteiger partial charge on any atom is 0.231 e. The summed E-state index contributed by atoms with van der Waals surface area (Å²) in [6, 6.07) is 0. The predicted octanol–water partition coefficient (Wildman–Crippen LogP) is -1.37. The Labute approximate surface area is 42.4 Å². The lowest BCUT2D eigenvalue weighted by molar-refractivity contribution is -0.154. The second-order valence-electron chi connectivity index (χ2n) is 0.963. The smallest absolute Gasteiger partial charge is 0.231 e. The van der Waals surface area contributed by atoms with Crippen molar-refractivity contribution in [2.45, 2.75) is 6.41 Å². The van der Waals surface area contributed by atoms with E-state index in [-0.39, 0.29) is 0 Å². The molecule has 0 aromatic heterocycles. The minimum atomic E-state index is -0.912. The molecule has 0 aliphatic carbocycles. The van der Waals surface area contributed by atoms with Gasteiger partial charge >= 0.3 is 0 Å². The van der Waals surface area contributed by atoms with Gasteiger partial charge in [-0.25, -0.2) is 5.48 Å². The van der Waals surface area contributed by atoms with E-state index in [1.165, 1.54) is 0 Å². The number of hydrogen-bond acceptors (Lipinski definition) is 4. The van der Waals surface area contributed by atoms with Gasteiger partial charge in [-0.3, -0.25) is 10.2 Å². The van der Waals surface area contributed by atoms with Gasteiger partial charge in [-0.05, 0) is 7.05 Å². The Morgan fingerprint density at radius 2 is 2.14 bits per heavy atom. The molecule has 44 valence electrons. The first-order chi connectivity index (χ1) is 3.31. The van der Waals surface area contributed by atoms with Gasteiger partial charge in [0.05, 0.1) is 0 Å². The van der Waals surface area contributed by atoms with E-state index in [2.05, 4.69) is 15.6 Å². The number of nitrogens with one attached hydrogen (secondary N) is 2. The summed E-state index contributed by atoms with van der Waals surface area (Å²) in [5.74, 6) is 0. The topological polar surface area (TPSA) is 53.5 Å². The lowest BCUT2D eigenvalue weighted by Crippen LogP contribution is -2.31. The van der Waals surface area contributed by atoms with Crippen molar-refractivity contribution < 1.29 is 9.94 Å². The standard InChI is InChI=1S/C3H10N2O2/c1-4-3(6)7-5-2/h3-6H,1-2H3. The van der Waals surface area contributed by atoms with Crippen LogP contribution in [-0.2, 0) is 4.84 Å². The maximum absolute atomic E-state index is 8.46. The van der Waals surface area contributed by atoms with Gasteiger partial charge in [-0.15, -0.1) is 0 Å². The van der Waals surface area contributed by atoms with Crippen LogP contribution in [0.1, 0.15) is 0 Å². The molecule has 3 N–H and O–H groups in total. The zero-order chi connectivity index (χ0) is 5.70. The zero-order valence-electron chi connectivity index (χ0n) is 4.43. The van der Waals surface area contributed by atoms with E-state index in [1.54, 1.807) is 14.1 Å². The minimum absolute atomic E-state index is 0.912. The van der Waals surface area contributed by atoms with Crippen molar-refractivity contribution in [2.75, 3.05) is 14.1 Å². The first-order valence-electron chi connectivity index (χ1n) is 1.99. The van der Waals surface area contributed by atoms with Crippen LogP contribution in [0.5, 0.6) is 0 Å². The van der Waals surface area contributed by atoms with Crippen LogP contribution < -0.4 is 10.8 Å². The van der Waals surface area contributed by atoms with Crippen molar-refractivity contribution in [3.63, 3.8) is 0 Å². The molecule has 7 heavy (non-hydrogen) atoms. The van der Waals surface area contributed by atoms with E-state index in [9.17, 15) is 0 Å². The molecule has 0 aromatic rings. The van der Waals surface area contributed by atoms with Crippen LogP contribution >= 0.6 is 0 Å². The largest absolute Gasteiger partial charge is 0.355 e. The van der Waals surface area contributed by atoms with Gasteiger partial charge in [0, 0.05) is 7.05 Å². The molecule has 0 spiro atoms. The molecule has 0 heterocycles. The van der Waals surface area contributed by atoms with Crippen molar-refractivity contribution in [2.24, 2.45) is 0 Å². The molecule has 4 heteroatoms. The molecule has 0 aliphatic heterocycles.